The van der Waals surface area contributed by atoms with E-state index in [9.17, 15) is 9.90 Å². The van der Waals surface area contributed by atoms with Gasteiger partial charge in [-0.15, -0.1) is 0 Å². The number of rotatable bonds is 7. The van der Waals surface area contributed by atoms with E-state index in [-0.39, 0.29) is 6.04 Å². The topological polar surface area (TPSA) is 86.0 Å². The van der Waals surface area contributed by atoms with Gasteiger partial charge in [0.15, 0.2) is 5.65 Å². The van der Waals surface area contributed by atoms with Crippen LogP contribution in [0.25, 0.3) is 5.65 Å². The lowest BCUT2D eigenvalue weighted by atomic mass is 9.65. The first-order valence-electron chi connectivity index (χ1n) is 13.5. The van der Waals surface area contributed by atoms with Gasteiger partial charge in [-0.3, -0.25) is 4.79 Å². The zero-order valence-electron chi connectivity index (χ0n) is 21.8. The largest absolute Gasteiger partial charge is 0.481 e. The van der Waals surface area contributed by atoms with Crippen LogP contribution in [-0.2, 0) is 4.79 Å². The molecule has 6 rings (SSSR count). The molecule has 2 atom stereocenters. The molecule has 1 saturated carbocycles. The molecule has 3 fully saturated rings. The fourth-order valence-electron chi connectivity index (χ4n) is 6.54. The summed E-state index contributed by atoms with van der Waals surface area (Å²) in [4.78, 5) is 21.0. The lowest BCUT2D eigenvalue weighted by Crippen LogP contribution is -2.58. The number of aromatic nitrogens is 3. The van der Waals surface area contributed by atoms with Crippen LogP contribution in [0.3, 0.4) is 0 Å². The van der Waals surface area contributed by atoms with Crippen LogP contribution in [0, 0.1) is 17.3 Å². The van der Waals surface area contributed by atoms with E-state index < -0.39 is 11.4 Å². The van der Waals surface area contributed by atoms with E-state index in [1.165, 1.54) is 12.8 Å². The zero-order valence-corrected chi connectivity index (χ0v) is 23.3. The van der Waals surface area contributed by atoms with Gasteiger partial charge in [0.2, 0.25) is 0 Å². The maximum absolute atomic E-state index is 11.5. The molecule has 0 unspecified atom stereocenters. The van der Waals surface area contributed by atoms with Crippen LogP contribution < -0.4 is 10.2 Å². The number of fused-ring (bicyclic) bond motifs is 1. The number of carbonyl (C=O) groups is 1. The van der Waals surface area contributed by atoms with Crippen LogP contribution in [0.2, 0.25) is 10.0 Å². The molecule has 2 aromatic heterocycles. The fraction of sp³-hybridized carbons (Fsp3) is 0.536. The van der Waals surface area contributed by atoms with Gasteiger partial charge in [-0.25, -0.2) is 4.98 Å². The van der Waals surface area contributed by atoms with E-state index in [0.717, 1.165) is 61.7 Å². The average molecular weight is 558 g/mol. The second-order valence-electron chi connectivity index (χ2n) is 11.7. The van der Waals surface area contributed by atoms with Crippen molar-refractivity contribution in [3.8, 4) is 0 Å². The van der Waals surface area contributed by atoms with Gasteiger partial charge in [-0.05, 0) is 75.6 Å². The molecule has 0 bridgehead atoms. The summed E-state index contributed by atoms with van der Waals surface area (Å²) in [6.45, 7) is 8.20. The summed E-state index contributed by atoms with van der Waals surface area (Å²) in [5.74, 6) is 1.53. The molecule has 4 heterocycles. The summed E-state index contributed by atoms with van der Waals surface area (Å²) < 4.78 is 1.82. The Hall–Kier alpha value is -2.55. The highest BCUT2D eigenvalue weighted by atomic mass is 35.5. The number of hydrogen-bond acceptors (Lipinski definition) is 6. The van der Waals surface area contributed by atoms with Crippen LogP contribution in [0.5, 0.6) is 0 Å². The summed E-state index contributed by atoms with van der Waals surface area (Å²) in [6, 6.07) is 10.2. The normalized spacial score (nSPS) is 27.1. The molecule has 2 aliphatic heterocycles. The van der Waals surface area contributed by atoms with Gasteiger partial charge in [0.1, 0.15) is 12.1 Å². The predicted octanol–water partition coefficient (Wildman–Crippen LogP) is 5.61. The molecule has 3 aliphatic rings. The number of piperidine rings is 1. The van der Waals surface area contributed by atoms with Gasteiger partial charge in [-0.1, -0.05) is 29.3 Å². The number of nitrogens with zero attached hydrogens (tertiary/aromatic N) is 5. The van der Waals surface area contributed by atoms with Gasteiger partial charge in [-0.2, -0.15) is 9.61 Å². The second-order valence-corrected chi connectivity index (χ2v) is 12.5. The Balaban J connectivity index is 1.11. The van der Waals surface area contributed by atoms with Crippen LogP contribution in [0.1, 0.15) is 51.1 Å². The third-order valence-electron chi connectivity index (χ3n) is 8.99. The standard InChI is InChI=1S/C28H34Cl2N6O2/c1-17(23-6-5-20(29)8-24(23)30)33-26-10-21(9-25-31-16-32-36(25)26)35-14-19(15-35)18-4-3-7-34(13-18)22-11-28(2,12-22)27(37)38/h5-6,8-10,16-19,22,33H,3-4,7,11-15H2,1-2H3,(H,37,38)/t17-,18+,22?,28?/m1/s1. The number of aliphatic carboxylic acids is 1. The summed E-state index contributed by atoms with van der Waals surface area (Å²) >= 11 is 12.6. The van der Waals surface area contributed by atoms with Gasteiger partial charge < -0.3 is 20.2 Å². The Labute approximate surface area is 232 Å². The molecule has 0 radical (unpaired) electrons. The van der Waals surface area contributed by atoms with Crippen molar-refractivity contribution in [3.63, 3.8) is 0 Å². The molecule has 0 amide bonds. The molecule has 10 heteroatoms. The van der Waals surface area contributed by atoms with Crippen LogP contribution in [0.4, 0.5) is 11.5 Å². The number of hydrogen-bond donors (Lipinski definition) is 2. The van der Waals surface area contributed by atoms with Crippen molar-refractivity contribution < 1.29 is 9.90 Å². The minimum absolute atomic E-state index is 0.0470. The number of halogens is 2. The lowest BCUT2D eigenvalue weighted by Gasteiger charge is -2.52. The molecule has 8 nitrogen and oxygen atoms in total. The van der Waals surface area contributed by atoms with Crippen molar-refractivity contribution in [3.05, 3.63) is 52.3 Å². The molecule has 1 aliphatic carbocycles. The summed E-state index contributed by atoms with van der Waals surface area (Å²) in [5, 5.41) is 18.7. The first-order valence-corrected chi connectivity index (χ1v) is 14.2. The number of pyridine rings is 1. The zero-order chi connectivity index (χ0) is 26.6. The summed E-state index contributed by atoms with van der Waals surface area (Å²) in [7, 11) is 0. The Bertz CT molecular complexity index is 1350. The monoisotopic (exact) mass is 556 g/mol. The highest BCUT2D eigenvalue weighted by molar-refractivity contribution is 6.35. The number of nitrogens with one attached hydrogen (secondary N) is 1. The highest BCUT2D eigenvalue weighted by Crippen LogP contribution is 2.45. The number of anilines is 2. The van der Waals surface area contributed by atoms with Gasteiger partial charge in [0.25, 0.3) is 0 Å². The Morgan fingerprint density at radius 1 is 1.16 bits per heavy atom. The first kappa shape index (κ1) is 25.7. The minimum Gasteiger partial charge on any atom is -0.481 e. The fourth-order valence-corrected chi connectivity index (χ4v) is 7.11. The van der Waals surface area contributed by atoms with E-state index >= 15 is 0 Å². The SMILES string of the molecule is C[C@@H](Nc1cc(N2CC([C@H]3CCCN(C4CC(C)(C(=O)O)C4)C3)C2)cc2ncnn12)c1ccc(Cl)cc1Cl. The summed E-state index contributed by atoms with van der Waals surface area (Å²) in [5.41, 5.74) is 2.38. The Morgan fingerprint density at radius 3 is 2.68 bits per heavy atom. The Morgan fingerprint density at radius 2 is 1.95 bits per heavy atom. The van der Waals surface area contributed by atoms with Crippen LogP contribution in [0.15, 0.2) is 36.7 Å². The molecule has 2 saturated heterocycles. The predicted molar refractivity (Wildman–Crippen MR) is 150 cm³/mol. The number of carboxylic acids is 1. The smallest absolute Gasteiger partial charge is 0.309 e. The summed E-state index contributed by atoms with van der Waals surface area (Å²) in [6.07, 6.45) is 5.59. The molecule has 38 heavy (non-hydrogen) atoms. The van der Waals surface area contributed by atoms with E-state index in [0.29, 0.717) is 27.9 Å². The van der Waals surface area contributed by atoms with Gasteiger partial charge in [0.05, 0.1) is 11.5 Å². The van der Waals surface area contributed by atoms with Crippen LogP contribution >= 0.6 is 23.2 Å². The van der Waals surface area contributed by atoms with Crippen molar-refractivity contribution in [2.75, 3.05) is 36.4 Å². The molecule has 1 aromatic carbocycles. The molecular weight excluding hydrogens is 523 g/mol. The third-order valence-corrected chi connectivity index (χ3v) is 9.56. The highest BCUT2D eigenvalue weighted by Gasteiger charge is 2.49. The number of carboxylic acid groups (broad SMARTS) is 1. The number of benzene rings is 1. The van der Waals surface area contributed by atoms with Crippen molar-refractivity contribution in [2.24, 2.45) is 17.3 Å². The van der Waals surface area contributed by atoms with Gasteiger partial charge in [0, 0.05) is 53.5 Å². The quantitative estimate of drug-likeness (QED) is 0.391. The lowest BCUT2D eigenvalue weighted by molar-refractivity contribution is -0.158. The van der Waals surface area contributed by atoms with Crippen molar-refractivity contribution in [1.82, 2.24) is 19.5 Å². The molecular formula is C28H34Cl2N6O2. The van der Waals surface area contributed by atoms with E-state index in [1.54, 1.807) is 12.4 Å². The van der Waals surface area contributed by atoms with Crippen LogP contribution in [-0.4, -0.2) is 62.8 Å². The van der Waals surface area contributed by atoms with Gasteiger partial charge >= 0.3 is 5.97 Å². The molecule has 3 aromatic rings. The van der Waals surface area contributed by atoms with E-state index in [2.05, 4.69) is 44.3 Å². The number of likely N-dealkylation sites (tertiary alicyclic amines) is 1. The van der Waals surface area contributed by atoms with E-state index in [4.69, 9.17) is 23.2 Å². The van der Waals surface area contributed by atoms with Crippen molar-refractivity contribution in [1.29, 1.82) is 0 Å². The minimum atomic E-state index is -0.652. The first-order chi connectivity index (χ1) is 18.2. The molecule has 2 N–H and O–H groups in total. The third kappa shape index (κ3) is 4.71. The molecule has 202 valence electrons. The Kier molecular flexibility index (Phi) is 6.69. The average Bonchev–Trinajstić information content (AvgIpc) is 3.30. The maximum atomic E-state index is 11.5. The van der Waals surface area contributed by atoms with Crippen molar-refractivity contribution in [2.45, 2.75) is 51.6 Å². The maximum Gasteiger partial charge on any atom is 0.309 e. The van der Waals surface area contributed by atoms with Crippen molar-refractivity contribution >= 4 is 46.3 Å². The second kappa shape index (κ2) is 9.88. The van der Waals surface area contributed by atoms with E-state index in [1.807, 2.05) is 23.6 Å². The molecule has 0 spiro atoms.